The lowest BCUT2D eigenvalue weighted by Gasteiger charge is -2.53. The first-order valence-electron chi connectivity index (χ1n) is 9.12. The zero-order valence-electron chi connectivity index (χ0n) is 15.4. The SMILES string of the molecule is Cc1cncc(OC2CCOC3(C2)CN(c2cc(C)nc4ncnn24)C3)n1. The van der Waals surface area contributed by atoms with Crippen LogP contribution in [0.4, 0.5) is 5.82 Å². The van der Waals surface area contributed by atoms with Crippen LogP contribution in [0.1, 0.15) is 24.2 Å². The van der Waals surface area contributed by atoms with Gasteiger partial charge in [-0.1, -0.05) is 0 Å². The highest BCUT2D eigenvalue weighted by molar-refractivity contribution is 5.50. The number of anilines is 1. The van der Waals surface area contributed by atoms with Crippen LogP contribution in [-0.4, -0.2) is 61.0 Å². The third kappa shape index (κ3) is 2.97. The summed E-state index contributed by atoms with van der Waals surface area (Å²) < 4.78 is 14.0. The summed E-state index contributed by atoms with van der Waals surface area (Å²) in [7, 11) is 0. The predicted octanol–water partition coefficient (Wildman–Crippen LogP) is 1.35. The van der Waals surface area contributed by atoms with Gasteiger partial charge < -0.3 is 14.4 Å². The van der Waals surface area contributed by atoms with Gasteiger partial charge in [0.25, 0.3) is 5.78 Å². The van der Waals surface area contributed by atoms with Gasteiger partial charge in [-0.05, 0) is 13.8 Å². The Labute approximate surface area is 156 Å². The number of hydrogen-bond acceptors (Lipinski definition) is 8. The second-order valence-electron chi connectivity index (χ2n) is 7.35. The van der Waals surface area contributed by atoms with Crippen molar-refractivity contribution in [3.05, 3.63) is 36.2 Å². The maximum absolute atomic E-state index is 6.15. The van der Waals surface area contributed by atoms with Crippen molar-refractivity contribution in [3.8, 4) is 5.88 Å². The number of hydrogen-bond donors (Lipinski definition) is 0. The minimum absolute atomic E-state index is 0.0857. The van der Waals surface area contributed by atoms with Crippen molar-refractivity contribution in [1.29, 1.82) is 0 Å². The predicted molar refractivity (Wildman–Crippen MR) is 96.8 cm³/mol. The summed E-state index contributed by atoms with van der Waals surface area (Å²) in [5.74, 6) is 2.20. The van der Waals surface area contributed by atoms with Crippen LogP contribution in [0.2, 0.25) is 0 Å². The van der Waals surface area contributed by atoms with Gasteiger partial charge in [0.05, 0.1) is 31.6 Å². The quantitative estimate of drug-likeness (QED) is 0.685. The fourth-order valence-corrected chi connectivity index (χ4v) is 3.92. The van der Waals surface area contributed by atoms with Crippen molar-refractivity contribution >= 4 is 11.6 Å². The Kier molecular flexibility index (Phi) is 3.71. The second kappa shape index (κ2) is 6.12. The third-order valence-corrected chi connectivity index (χ3v) is 5.11. The Hall–Kier alpha value is -2.81. The molecule has 2 saturated heterocycles. The molecule has 1 atom stereocenters. The Morgan fingerprint density at radius 1 is 1.19 bits per heavy atom. The van der Waals surface area contributed by atoms with E-state index in [2.05, 4.69) is 29.9 Å². The molecule has 0 bridgehead atoms. The molecule has 0 radical (unpaired) electrons. The summed E-state index contributed by atoms with van der Waals surface area (Å²) in [6.07, 6.45) is 6.71. The van der Waals surface area contributed by atoms with E-state index >= 15 is 0 Å². The molecule has 0 saturated carbocycles. The molecule has 2 aliphatic heterocycles. The van der Waals surface area contributed by atoms with Gasteiger partial charge >= 0.3 is 0 Å². The highest BCUT2D eigenvalue weighted by Gasteiger charge is 2.49. The van der Waals surface area contributed by atoms with Gasteiger partial charge in [0.15, 0.2) is 0 Å². The summed E-state index contributed by atoms with van der Waals surface area (Å²) in [5.41, 5.74) is 1.59. The fourth-order valence-electron chi connectivity index (χ4n) is 3.92. The van der Waals surface area contributed by atoms with Crippen molar-refractivity contribution in [2.24, 2.45) is 0 Å². The summed E-state index contributed by atoms with van der Waals surface area (Å²) >= 11 is 0. The molecule has 5 heterocycles. The molecule has 27 heavy (non-hydrogen) atoms. The molecule has 9 nitrogen and oxygen atoms in total. The molecule has 1 spiro atoms. The first-order chi connectivity index (χ1) is 13.1. The molecular formula is C18H21N7O2. The molecule has 2 fully saturated rings. The monoisotopic (exact) mass is 367 g/mol. The number of aryl methyl sites for hydroxylation is 2. The largest absolute Gasteiger partial charge is 0.473 e. The number of aromatic nitrogens is 6. The van der Waals surface area contributed by atoms with E-state index in [1.807, 2.05) is 19.9 Å². The van der Waals surface area contributed by atoms with Crippen LogP contribution in [0.5, 0.6) is 5.88 Å². The Balaban J connectivity index is 1.30. The van der Waals surface area contributed by atoms with Crippen molar-refractivity contribution in [2.75, 3.05) is 24.6 Å². The van der Waals surface area contributed by atoms with Crippen LogP contribution in [0.25, 0.3) is 5.78 Å². The normalized spacial score (nSPS) is 21.4. The second-order valence-corrected chi connectivity index (χ2v) is 7.35. The van der Waals surface area contributed by atoms with Crippen molar-refractivity contribution in [1.82, 2.24) is 29.5 Å². The number of ether oxygens (including phenoxy) is 2. The molecule has 140 valence electrons. The maximum atomic E-state index is 6.15. The molecule has 3 aromatic heterocycles. The van der Waals surface area contributed by atoms with Crippen LogP contribution < -0.4 is 9.64 Å². The first kappa shape index (κ1) is 16.4. The molecular weight excluding hydrogens is 346 g/mol. The minimum atomic E-state index is -0.190. The average molecular weight is 367 g/mol. The van der Waals surface area contributed by atoms with E-state index in [-0.39, 0.29) is 11.7 Å². The fraction of sp³-hybridized carbons (Fsp3) is 0.500. The van der Waals surface area contributed by atoms with E-state index in [0.29, 0.717) is 18.3 Å². The van der Waals surface area contributed by atoms with E-state index in [0.717, 1.165) is 43.1 Å². The van der Waals surface area contributed by atoms with E-state index in [1.54, 1.807) is 16.9 Å². The average Bonchev–Trinajstić information content (AvgIpc) is 3.07. The van der Waals surface area contributed by atoms with E-state index in [9.17, 15) is 0 Å². The zero-order valence-corrected chi connectivity index (χ0v) is 15.4. The Morgan fingerprint density at radius 3 is 2.93 bits per heavy atom. The lowest BCUT2D eigenvalue weighted by atomic mass is 9.84. The van der Waals surface area contributed by atoms with Crippen LogP contribution >= 0.6 is 0 Å². The maximum Gasteiger partial charge on any atom is 0.254 e. The Morgan fingerprint density at radius 2 is 2.07 bits per heavy atom. The van der Waals surface area contributed by atoms with Gasteiger partial charge in [-0.25, -0.2) is 9.97 Å². The van der Waals surface area contributed by atoms with Crippen LogP contribution in [0, 0.1) is 13.8 Å². The highest BCUT2D eigenvalue weighted by Crippen LogP contribution is 2.38. The summed E-state index contributed by atoms with van der Waals surface area (Å²) in [4.78, 5) is 19.4. The van der Waals surface area contributed by atoms with Gasteiger partial charge in [-0.15, -0.1) is 0 Å². The third-order valence-electron chi connectivity index (χ3n) is 5.11. The lowest BCUT2D eigenvalue weighted by molar-refractivity contribution is -0.127. The molecule has 0 aliphatic carbocycles. The molecule has 9 heteroatoms. The van der Waals surface area contributed by atoms with Crippen LogP contribution in [-0.2, 0) is 4.74 Å². The van der Waals surface area contributed by atoms with Gasteiger partial charge in [0.2, 0.25) is 5.88 Å². The molecule has 5 rings (SSSR count). The van der Waals surface area contributed by atoms with Crippen molar-refractivity contribution in [2.45, 2.75) is 38.4 Å². The molecule has 0 amide bonds. The molecule has 1 unspecified atom stereocenters. The van der Waals surface area contributed by atoms with Crippen LogP contribution in [0.15, 0.2) is 24.8 Å². The molecule has 2 aliphatic rings. The topological polar surface area (TPSA) is 90.6 Å². The Bertz CT molecular complexity index is 983. The zero-order chi connectivity index (χ0) is 18.4. The van der Waals surface area contributed by atoms with E-state index in [4.69, 9.17) is 9.47 Å². The smallest absolute Gasteiger partial charge is 0.254 e. The first-order valence-corrected chi connectivity index (χ1v) is 9.12. The van der Waals surface area contributed by atoms with Crippen molar-refractivity contribution < 1.29 is 9.47 Å². The van der Waals surface area contributed by atoms with E-state index < -0.39 is 0 Å². The summed E-state index contributed by atoms with van der Waals surface area (Å²) in [6, 6.07) is 2.04. The molecule has 3 aromatic rings. The summed E-state index contributed by atoms with van der Waals surface area (Å²) in [5, 5.41) is 4.30. The van der Waals surface area contributed by atoms with Gasteiger partial charge in [0.1, 0.15) is 23.9 Å². The van der Waals surface area contributed by atoms with Gasteiger partial charge in [-0.2, -0.15) is 14.6 Å². The summed E-state index contributed by atoms with van der Waals surface area (Å²) in [6.45, 7) is 6.16. The van der Waals surface area contributed by atoms with Crippen LogP contribution in [0.3, 0.4) is 0 Å². The van der Waals surface area contributed by atoms with Gasteiger partial charge in [-0.3, -0.25) is 4.98 Å². The molecule has 0 aromatic carbocycles. The van der Waals surface area contributed by atoms with Gasteiger partial charge in [0, 0.05) is 30.8 Å². The number of nitrogens with zero attached hydrogens (tertiary/aromatic N) is 7. The van der Waals surface area contributed by atoms with Crippen molar-refractivity contribution in [3.63, 3.8) is 0 Å². The highest BCUT2D eigenvalue weighted by atomic mass is 16.5. The lowest BCUT2D eigenvalue weighted by Crippen LogP contribution is -2.66. The minimum Gasteiger partial charge on any atom is -0.473 e. The van der Waals surface area contributed by atoms with E-state index in [1.165, 1.54) is 6.33 Å². The standard InChI is InChI=1S/C18H21N7O2/c1-12-5-16(25-17(23-12)20-11-21-25)24-9-18(10-24)6-14(3-4-26-18)27-15-8-19-7-13(2)22-15/h5,7-8,11,14H,3-4,6,9-10H2,1-2H3. The number of rotatable bonds is 3. The molecule has 0 N–H and O–H groups in total. The number of fused-ring (bicyclic) bond motifs is 1.